The van der Waals surface area contributed by atoms with Crippen molar-refractivity contribution in [2.24, 2.45) is 17.3 Å². The first-order valence-corrected chi connectivity index (χ1v) is 17.7. The minimum absolute atomic E-state index is 0.0292. The summed E-state index contributed by atoms with van der Waals surface area (Å²) in [7, 11) is 0. The molecule has 2 atom stereocenters. The Hall–Kier alpha value is -4.30. The molecule has 2 aromatic carbocycles. The highest BCUT2D eigenvalue weighted by Gasteiger charge is 2.59. The molecule has 3 aliphatic heterocycles. The van der Waals surface area contributed by atoms with Crippen molar-refractivity contribution in [3.8, 4) is 0 Å². The predicted octanol–water partition coefficient (Wildman–Crippen LogP) is 5.90. The van der Waals surface area contributed by atoms with Crippen LogP contribution in [0, 0.1) is 23.1 Å². The molecule has 278 valence electrons. The lowest BCUT2D eigenvalue weighted by atomic mass is 9.71. The normalized spacial score (nSPS) is 25.5. The van der Waals surface area contributed by atoms with Gasteiger partial charge in [0.1, 0.15) is 11.4 Å². The molecule has 0 radical (unpaired) electrons. The van der Waals surface area contributed by atoms with Gasteiger partial charge in [-0.1, -0.05) is 30.3 Å². The highest BCUT2D eigenvalue weighted by atomic mass is 19.4. The van der Waals surface area contributed by atoms with Crippen LogP contribution in [0.15, 0.2) is 54.9 Å². The predicted molar refractivity (Wildman–Crippen MR) is 179 cm³/mol. The van der Waals surface area contributed by atoms with Crippen molar-refractivity contribution in [3.05, 3.63) is 88.5 Å². The molecule has 1 aromatic heterocycles. The number of aromatic nitrogens is 2. The minimum atomic E-state index is -4.26. The number of carbonyl (C=O) groups excluding carboxylic acids is 2. The molecule has 4 heterocycles. The maximum atomic E-state index is 13.8. The van der Waals surface area contributed by atoms with E-state index in [1.807, 2.05) is 0 Å². The summed E-state index contributed by atoms with van der Waals surface area (Å²) < 4.78 is 66.7. The van der Waals surface area contributed by atoms with Crippen molar-refractivity contribution >= 4 is 17.8 Å². The summed E-state index contributed by atoms with van der Waals surface area (Å²) in [6.45, 7) is 4.43. The van der Waals surface area contributed by atoms with Crippen LogP contribution in [0.25, 0.3) is 0 Å². The molecule has 4 aliphatic rings. The van der Waals surface area contributed by atoms with Crippen LogP contribution in [0.5, 0.6) is 0 Å². The summed E-state index contributed by atoms with van der Waals surface area (Å²) in [6.07, 6.45) is -0.00766. The Morgan fingerprint density at radius 2 is 1.71 bits per heavy atom. The first-order chi connectivity index (χ1) is 24.7. The third-order valence-electron chi connectivity index (χ3n) is 11.6. The highest BCUT2D eigenvalue weighted by Crippen LogP contribution is 2.47. The second kappa shape index (κ2) is 13.9. The molecule has 14 heteroatoms. The smallest absolute Gasteiger partial charge is 0.391 e. The molecule has 1 spiro atoms. The fourth-order valence-electron chi connectivity index (χ4n) is 8.45. The Labute approximate surface area is 298 Å². The Balaban J connectivity index is 1.04. The van der Waals surface area contributed by atoms with Crippen LogP contribution in [-0.4, -0.2) is 93.6 Å². The number of carboxylic acids is 1. The zero-order valence-electron chi connectivity index (χ0n) is 28.9. The average Bonchev–Trinajstić information content (AvgIpc) is 3.72. The second-order valence-electron chi connectivity index (χ2n) is 15.1. The van der Waals surface area contributed by atoms with Gasteiger partial charge < -0.3 is 24.4 Å². The fraction of sp³-hybridized carbons (Fsp3) is 0.526. The van der Waals surface area contributed by atoms with Gasteiger partial charge in [-0.25, -0.2) is 9.18 Å². The number of alkyl halides is 3. The molecule has 0 bridgehead atoms. The van der Waals surface area contributed by atoms with Crippen LogP contribution < -0.4 is 0 Å². The monoisotopic (exact) mass is 726 g/mol. The first kappa shape index (κ1) is 36.1. The highest BCUT2D eigenvalue weighted by molar-refractivity contribution is 5.94. The number of carboxylic acid groups (broad SMARTS) is 1. The fourth-order valence-corrected chi connectivity index (χ4v) is 8.45. The molecule has 4 fully saturated rings. The molecule has 1 aliphatic carbocycles. The Morgan fingerprint density at radius 3 is 2.35 bits per heavy atom. The van der Waals surface area contributed by atoms with Gasteiger partial charge in [0.2, 0.25) is 0 Å². The van der Waals surface area contributed by atoms with E-state index >= 15 is 0 Å². The van der Waals surface area contributed by atoms with Crippen LogP contribution in [0.2, 0.25) is 0 Å². The number of benzene rings is 2. The lowest BCUT2D eigenvalue weighted by Crippen LogP contribution is -2.67. The zero-order chi connectivity index (χ0) is 36.8. The molecule has 1 saturated carbocycles. The largest absolute Gasteiger partial charge is 0.478 e. The van der Waals surface area contributed by atoms with E-state index in [0.717, 1.165) is 5.56 Å². The standard InChI is InChI=1S/C38H42F4N4O6/c1-36(13-14-52-36)35(50)45-22-37(23-45)21-44(33(47)27-15-43-46(17-27)16-24-5-11-30(39)12-6-24)18-29(37)20-51-19-26-3-2-4-31(32(26)34(48)49)25-7-9-28(10-8-25)38(40,41)42/h2-6,11-12,15,17,25,28-29H,7-10,13-14,16,18-23H2,1H3,(H,48,49)/t25?,28?,29-,36?/m0/s1. The van der Waals surface area contributed by atoms with Crippen LogP contribution in [0.4, 0.5) is 17.6 Å². The van der Waals surface area contributed by atoms with Crippen LogP contribution >= 0.6 is 0 Å². The van der Waals surface area contributed by atoms with E-state index in [1.165, 1.54) is 18.3 Å². The number of carbonyl (C=O) groups is 3. The molecule has 2 amide bonds. The quantitative estimate of drug-likeness (QED) is 0.259. The number of halogens is 4. The zero-order valence-corrected chi connectivity index (χ0v) is 28.9. The van der Waals surface area contributed by atoms with E-state index in [1.54, 1.807) is 57.9 Å². The van der Waals surface area contributed by atoms with Gasteiger partial charge in [-0.3, -0.25) is 14.3 Å². The van der Waals surface area contributed by atoms with Crippen LogP contribution in [0.1, 0.15) is 82.4 Å². The van der Waals surface area contributed by atoms with E-state index in [9.17, 15) is 37.1 Å². The van der Waals surface area contributed by atoms with E-state index in [-0.39, 0.29) is 73.9 Å². The second-order valence-corrected chi connectivity index (χ2v) is 15.1. The molecular weight excluding hydrogens is 684 g/mol. The molecule has 3 aromatic rings. The number of hydrogen-bond acceptors (Lipinski definition) is 6. The third kappa shape index (κ3) is 7.06. The number of ether oxygens (including phenoxy) is 2. The first-order valence-electron chi connectivity index (χ1n) is 17.7. The molecule has 3 saturated heterocycles. The van der Waals surface area contributed by atoms with Gasteiger partial charge in [-0.05, 0) is 67.3 Å². The van der Waals surface area contributed by atoms with E-state index < -0.39 is 29.1 Å². The number of hydrogen-bond donors (Lipinski definition) is 1. The van der Waals surface area contributed by atoms with E-state index in [4.69, 9.17) is 9.47 Å². The number of aromatic carboxylic acids is 1. The van der Waals surface area contributed by atoms with E-state index in [0.29, 0.717) is 62.4 Å². The van der Waals surface area contributed by atoms with Gasteiger partial charge >= 0.3 is 12.1 Å². The van der Waals surface area contributed by atoms with Crippen molar-refractivity contribution in [2.75, 3.05) is 39.4 Å². The Morgan fingerprint density at radius 1 is 1.02 bits per heavy atom. The van der Waals surface area contributed by atoms with Gasteiger partial charge in [0.25, 0.3) is 11.8 Å². The molecule has 7 rings (SSSR count). The van der Waals surface area contributed by atoms with Crippen LogP contribution in [0.3, 0.4) is 0 Å². The van der Waals surface area contributed by atoms with Crippen molar-refractivity contribution < 1.29 is 46.5 Å². The summed E-state index contributed by atoms with van der Waals surface area (Å²) >= 11 is 0. The minimum Gasteiger partial charge on any atom is -0.478 e. The maximum Gasteiger partial charge on any atom is 0.391 e. The molecule has 10 nitrogen and oxygen atoms in total. The number of amides is 2. The van der Waals surface area contributed by atoms with Crippen LogP contribution in [-0.2, 0) is 27.4 Å². The number of rotatable bonds is 10. The summed E-state index contributed by atoms with van der Waals surface area (Å²) in [5.74, 6) is -3.61. The molecule has 52 heavy (non-hydrogen) atoms. The Bertz CT molecular complexity index is 1810. The number of likely N-dealkylation sites (tertiary alicyclic amines) is 2. The SMILES string of the molecule is CC1(C(=O)N2CC3(CN(C(=O)c4cnn(Cc5ccc(F)cc5)c4)C[C@H]3COCc3cccc(C4CCC(C(F)(F)F)CC4)c3C(=O)O)C2)CCO1. The van der Waals surface area contributed by atoms with Crippen molar-refractivity contribution in [1.29, 1.82) is 0 Å². The molecular formula is C38H42F4N4O6. The lowest BCUT2D eigenvalue weighted by molar-refractivity contribution is -0.194. The van der Waals surface area contributed by atoms with E-state index in [2.05, 4.69) is 5.10 Å². The van der Waals surface area contributed by atoms with Crippen molar-refractivity contribution in [1.82, 2.24) is 19.6 Å². The number of nitrogens with zero attached hydrogens (tertiary/aromatic N) is 4. The molecule has 1 unspecified atom stereocenters. The Kier molecular flexibility index (Phi) is 9.66. The average molecular weight is 727 g/mol. The van der Waals surface area contributed by atoms with Gasteiger partial charge in [0.05, 0.1) is 49.6 Å². The van der Waals surface area contributed by atoms with Crippen molar-refractivity contribution in [3.63, 3.8) is 0 Å². The lowest BCUT2D eigenvalue weighted by Gasteiger charge is -2.54. The van der Waals surface area contributed by atoms with Gasteiger partial charge in [-0.2, -0.15) is 18.3 Å². The summed E-state index contributed by atoms with van der Waals surface area (Å²) in [5, 5.41) is 14.6. The van der Waals surface area contributed by atoms with Gasteiger partial charge in [0.15, 0.2) is 0 Å². The van der Waals surface area contributed by atoms with Crippen molar-refractivity contribution in [2.45, 2.75) is 69.9 Å². The summed E-state index contributed by atoms with van der Waals surface area (Å²) in [4.78, 5) is 43.1. The summed E-state index contributed by atoms with van der Waals surface area (Å²) in [6, 6.07) is 11.1. The van der Waals surface area contributed by atoms with Gasteiger partial charge in [0, 0.05) is 50.1 Å². The summed E-state index contributed by atoms with van der Waals surface area (Å²) in [5.41, 5.74) is 0.987. The van der Waals surface area contributed by atoms with Gasteiger partial charge in [-0.15, -0.1) is 0 Å². The maximum absolute atomic E-state index is 13.8. The third-order valence-corrected chi connectivity index (χ3v) is 11.6. The molecule has 1 N–H and O–H groups in total. The topological polar surface area (TPSA) is 114 Å².